The topological polar surface area (TPSA) is 105 Å². The van der Waals surface area contributed by atoms with E-state index in [4.69, 9.17) is 11.5 Å². The van der Waals surface area contributed by atoms with E-state index in [0.29, 0.717) is 0 Å². The zero-order valence-corrected chi connectivity index (χ0v) is 8.94. The fourth-order valence-electron chi connectivity index (χ4n) is 1.21. The molecule has 0 atom stereocenters. The van der Waals surface area contributed by atoms with Crippen LogP contribution in [0.15, 0.2) is 12.1 Å². The van der Waals surface area contributed by atoms with E-state index < -0.39 is 11.9 Å². The molecule has 0 aliphatic carbocycles. The number of carbonyl (C=O) groups excluding carboxylic acids is 2. The molecule has 6 heteroatoms. The van der Waals surface area contributed by atoms with Gasteiger partial charge in [-0.05, 0) is 12.1 Å². The molecule has 0 bridgehead atoms. The number of carbonyl (C=O) groups is 2. The molecule has 0 radical (unpaired) electrons. The van der Waals surface area contributed by atoms with Gasteiger partial charge in [0.05, 0.1) is 25.3 Å². The van der Waals surface area contributed by atoms with E-state index in [0.717, 1.165) is 0 Å². The van der Waals surface area contributed by atoms with Crippen molar-refractivity contribution in [2.45, 2.75) is 0 Å². The van der Waals surface area contributed by atoms with Crippen LogP contribution in [-0.4, -0.2) is 26.2 Å². The van der Waals surface area contributed by atoms with Gasteiger partial charge in [0.15, 0.2) is 0 Å². The van der Waals surface area contributed by atoms with Crippen LogP contribution in [0.4, 0.5) is 11.4 Å². The number of hydrogen-bond acceptors (Lipinski definition) is 6. The molecule has 0 aromatic heterocycles. The minimum absolute atomic E-state index is 0.112. The fraction of sp³-hybridized carbons (Fsp3) is 0.200. The Kier molecular flexibility index (Phi) is 3.34. The maximum Gasteiger partial charge on any atom is 0.340 e. The number of benzene rings is 1. The quantitative estimate of drug-likeness (QED) is 0.557. The Hall–Kier alpha value is -2.24. The van der Waals surface area contributed by atoms with Gasteiger partial charge in [-0.2, -0.15) is 0 Å². The number of ether oxygens (including phenoxy) is 2. The molecular weight excluding hydrogens is 212 g/mol. The smallest absolute Gasteiger partial charge is 0.340 e. The number of rotatable bonds is 2. The summed E-state index contributed by atoms with van der Waals surface area (Å²) in [6, 6.07) is 2.57. The monoisotopic (exact) mass is 224 g/mol. The van der Waals surface area contributed by atoms with Crippen LogP contribution >= 0.6 is 0 Å². The molecule has 0 aliphatic heterocycles. The van der Waals surface area contributed by atoms with Gasteiger partial charge >= 0.3 is 11.9 Å². The lowest BCUT2D eigenvalue weighted by atomic mass is 10.1. The van der Waals surface area contributed by atoms with Crippen molar-refractivity contribution in [3.63, 3.8) is 0 Å². The lowest BCUT2D eigenvalue weighted by molar-refractivity contribution is 0.0588. The maximum absolute atomic E-state index is 11.3. The highest BCUT2D eigenvalue weighted by Gasteiger charge is 2.17. The van der Waals surface area contributed by atoms with Gasteiger partial charge in [0.25, 0.3) is 0 Å². The predicted molar refractivity (Wildman–Crippen MR) is 57.9 cm³/mol. The van der Waals surface area contributed by atoms with Gasteiger partial charge < -0.3 is 20.9 Å². The highest BCUT2D eigenvalue weighted by Crippen LogP contribution is 2.22. The molecule has 16 heavy (non-hydrogen) atoms. The molecule has 0 aliphatic rings. The highest BCUT2D eigenvalue weighted by molar-refractivity contribution is 6.02. The largest absolute Gasteiger partial charge is 0.465 e. The first-order valence-corrected chi connectivity index (χ1v) is 4.37. The summed E-state index contributed by atoms with van der Waals surface area (Å²) in [6.45, 7) is 0. The van der Waals surface area contributed by atoms with Crippen LogP contribution in [0.25, 0.3) is 0 Å². The van der Waals surface area contributed by atoms with Gasteiger partial charge in [-0.25, -0.2) is 9.59 Å². The number of nitrogens with two attached hydrogens (primary N) is 2. The summed E-state index contributed by atoms with van der Waals surface area (Å²) in [6.07, 6.45) is 0. The summed E-state index contributed by atoms with van der Waals surface area (Å²) in [5, 5.41) is 0. The molecule has 0 heterocycles. The molecule has 0 fully saturated rings. The summed E-state index contributed by atoms with van der Waals surface area (Å²) in [4.78, 5) is 22.5. The zero-order valence-electron chi connectivity index (χ0n) is 8.94. The third-order valence-corrected chi connectivity index (χ3v) is 2.03. The summed E-state index contributed by atoms with van der Waals surface area (Å²) in [5.41, 5.74) is 11.7. The predicted octanol–water partition coefficient (Wildman–Crippen LogP) is 0.424. The number of anilines is 2. The number of nitrogen functional groups attached to an aromatic ring is 2. The zero-order chi connectivity index (χ0) is 12.3. The summed E-state index contributed by atoms with van der Waals surface area (Å²) in [5.74, 6) is -1.22. The normalized spacial score (nSPS) is 9.62. The van der Waals surface area contributed by atoms with Crippen LogP contribution in [0.5, 0.6) is 0 Å². The van der Waals surface area contributed by atoms with Gasteiger partial charge in [-0.15, -0.1) is 0 Å². The Labute approximate surface area is 92.1 Å². The van der Waals surface area contributed by atoms with Crippen LogP contribution in [0.1, 0.15) is 20.7 Å². The van der Waals surface area contributed by atoms with Crippen molar-refractivity contribution in [1.29, 1.82) is 0 Å². The molecule has 86 valence electrons. The van der Waals surface area contributed by atoms with Gasteiger partial charge in [0.1, 0.15) is 0 Å². The molecule has 0 spiro atoms. The third-order valence-electron chi connectivity index (χ3n) is 2.03. The first-order chi connectivity index (χ1) is 7.51. The highest BCUT2D eigenvalue weighted by atomic mass is 16.5. The van der Waals surface area contributed by atoms with Crippen LogP contribution < -0.4 is 11.5 Å². The summed E-state index contributed by atoms with van der Waals surface area (Å²) in [7, 11) is 2.46. The molecule has 6 nitrogen and oxygen atoms in total. The fourth-order valence-corrected chi connectivity index (χ4v) is 1.21. The number of hydrogen-bond donors (Lipinski definition) is 2. The van der Waals surface area contributed by atoms with E-state index >= 15 is 0 Å². The van der Waals surface area contributed by atoms with Gasteiger partial charge in [-0.1, -0.05) is 0 Å². The minimum atomic E-state index is -0.611. The summed E-state index contributed by atoms with van der Waals surface area (Å²) >= 11 is 0. The van der Waals surface area contributed by atoms with Crippen molar-refractivity contribution in [1.82, 2.24) is 0 Å². The van der Waals surface area contributed by atoms with E-state index in [9.17, 15) is 9.59 Å². The van der Waals surface area contributed by atoms with Crippen molar-refractivity contribution in [2.24, 2.45) is 0 Å². The van der Waals surface area contributed by atoms with Crippen LogP contribution in [0.3, 0.4) is 0 Å². The first-order valence-electron chi connectivity index (χ1n) is 4.37. The molecule has 1 rings (SSSR count). The van der Waals surface area contributed by atoms with E-state index in [1.54, 1.807) is 0 Å². The summed E-state index contributed by atoms with van der Waals surface area (Å²) < 4.78 is 9.02. The molecule has 0 unspecified atom stereocenters. The van der Waals surface area contributed by atoms with Gasteiger partial charge in [0.2, 0.25) is 0 Å². The van der Waals surface area contributed by atoms with Gasteiger partial charge in [-0.3, -0.25) is 0 Å². The molecule has 4 N–H and O–H groups in total. The Morgan fingerprint density at radius 3 is 1.50 bits per heavy atom. The van der Waals surface area contributed by atoms with Crippen molar-refractivity contribution in [2.75, 3.05) is 25.7 Å². The second kappa shape index (κ2) is 4.52. The van der Waals surface area contributed by atoms with Crippen molar-refractivity contribution in [3.05, 3.63) is 23.3 Å². The Bertz CT molecular complexity index is 401. The number of esters is 2. The van der Waals surface area contributed by atoms with Crippen molar-refractivity contribution in [3.8, 4) is 0 Å². The average Bonchev–Trinajstić information content (AvgIpc) is 2.29. The SMILES string of the molecule is COC(=O)c1cc(N)c(C(=O)OC)cc1N. The minimum Gasteiger partial charge on any atom is -0.465 e. The molecule has 0 amide bonds. The Balaban J connectivity index is 3.27. The van der Waals surface area contributed by atoms with E-state index in [1.807, 2.05) is 0 Å². The molecule has 0 saturated heterocycles. The van der Waals surface area contributed by atoms with Crippen LogP contribution in [-0.2, 0) is 9.47 Å². The van der Waals surface area contributed by atoms with E-state index in [2.05, 4.69) is 9.47 Å². The standard InChI is InChI=1S/C10H12N2O4/c1-15-9(13)5-3-8(12)6(4-7(5)11)10(14)16-2/h3-4H,11-12H2,1-2H3. The first kappa shape index (κ1) is 11.8. The van der Waals surface area contributed by atoms with Crippen LogP contribution in [0.2, 0.25) is 0 Å². The molecule has 0 saturated carbocycles. The van der Waals surface area contributed by atoms with Crippen molar-refractivity contribution < 1.29 is 19.1 Å². The average molecular weight is 224 g/mol. The Morgan fingerprint density at radius 1 is 0.938 bits per heavy atom. The number of methoxy groups -OCH3 is 2. The van der Waals surface area contributed by atoms with E-state index in [-0.39, 0.29) is 22.5 Å². The maximum atomic E-state index is 11.3. The Morgan fingerprint density at radius 2 is 1.25 bits per heavy atom. The second-order valence-electron chi connectivity index (χ2n) is 3.01. The van der Waals surface area contributed by atoms with Gasteiger partial charge in [0, 0.05) is 11.4 Å². The van der Waals surface area contributed by atoms with Crippen LogP contribution in [0, 0.1) is 0 Å². The molecular formula is C10H12N2O4. The third kappa shape index (κ3) is 2.05. The van der Waals surface area contributed by atoms with E-state index in [1.165, 1.54) is 26.4 Å². The lowest BCUT2D eigenvalue weighted by Gasteiger charge is -2.08. The van der Waals surface area contributed by atoms with Crippen molar-refractivity contribution >= 4 is 23.3 Å². The molecule has 1 aromatic carbocycles. The second-order valence-corrected chi connectivity index (χ2v) is 3.01. The lowest BCUT2D eigenvalue weighted by Crippen LogP contribution is -2.11. The molecule has 1 aromatic rings.